The van der Waals surface area contributed by atoms with Gasteiger partial charge >= 0.3 is 5.97 Å². The Morgan fingerprint density at radius 3 is 2.53 bits per heavy atom. The monoisotopic (exact) mass is 267 g/mol. The number of hydrogen-bond acceptors (Lipinski definition) is 4. The van der Waals surface area contributed by atoms with Gasteiger partial charge in [-0.2, -0.15) is 5.10 Å². The molecule has 106 valence electrons. The van der Waals surface area contributed by atoms with Crippen molar-refractivity contribution in [3.8, 4) is 0 Å². The summed E-state index contributed by atoms with van der Waals surface area (Å²) in [6.07, 6.45) is 1.58. The van der Waals surface area contributed by atoms with Crippen LogP contribution >= 0.6 is 0 Å². The Balaban J connectivity index is 2.90. The van der Waals surface area contributed by atoms with E-state index in [9.17, 15) is 9.59 Å². The number of esters is 1. The maximum absolute atomic E-state index is 12.3. The fourth-order valence-corrected chi connectivity index (χ4v) is 1.77. The largest absolute Gasteiger partial charge is 0.465 e. The summed E-state index contributed by atoms with van der Waals surface area (Å²) in [5.74, 6) is -1.20. The second kappa shape index (κ2) is 5.86. The molecule has 0 saturated carbocycles. The lowest BCUT2D eigenvalue weighted by molar-refractivity contribution is -0.155. The van der Waals surface area contributed by atoms with E-state index in [1.165, 1.54) is 4.68 Å². The number of aromatic nitrogens is 2. The van der Waals surface area contributed by atoms with Gasteiger partial charge in [-0.15, -0.1) is 0 Å². The van der Waals surface area contributed by atoms with E-state index in [1.54, 1.807) is 26.2 Å². The Bertz CT molecular complexity index is 460. The molecule has 1 unspecified atom stereocenters. The molecule has 1 aromatic heterocycles. The Morgan fingerprint density at radius 2 is 2.11 bits per heavy atom. The predicted octanol–water partition coefficient (Wildman–Crippen LogP) is 1.58. The number of aryl methyl sites for hydroxylation is 1. The van der Waals surface area contributed by atoms with Crippen molar-refractivity contribution in [1.29, 1.82) is 0 Å². The maximum atomic E-state index is 12.3. The van der Waals surface area contributed by atoms with E-state index in [4.69, 9.17) is 4.74 Å². The van der Waals surface area contributed by atoms with Crippen LogP contribution in [-0.4, -0.2) is 28.3 Å². The second-order valence-electron chi connectivity index (χ2n) is 5.38. The molecule has 19 heavy (non-hydrogen) atoms. The van der Waals surface area contributed by atoms with Crippen LogP contribution in [0.2, 0.25) is 0 Å². The van der Waals surface area contributed by atoms with Crippen molar-refractivity contribution >= 4 is 17.7 Å². The lowest BCUT2D eigenvalue weighted by Gasteiger charge is -2.27. The number of carbonyl (C=O) groups excluding carboxylic acids is 2. The molecule has 0 aromatic carbocycles. The molecule has 0 radical (unpaired) electrons. The van der Waals surface area contributed by atoms with E-state index in [0.717, 1.165) is 0 Å². The zero-order valence-corrected chi connectivity index (χ0v) is 12.1. The molecule has 0 bridgehead atoms. The van der Waals surface area contributed by atoms with Crippen molar-refractivity contribution in [2.45, 2.75) is 27.7 Å². The fourth-order valence-electron chi connectivity index (χ4n) is 1.77. The Kier molecular flexibility index (Phi) is 4.69. The van der Waals surface area contributed by atoms with E-state index in [0.29, 0.717) is 5.82 Å². The number of carbonyl (C=O) groups is 2. The molecule has 1 aromatic rings. The van der Waals surface area contributed by atoms with Crippen molar-refractivity contribution in [2.75, 3.05) is 11.9 Å². The molecule has 6 nitrogen and oxygen atoms in total. The second-order valence-corrected chi connectivity index (χ2v) is 5.38. The highest BCUT2D eigenvalue weighted by Gasteiger charge is 2.39. The average molecular weight is 267 g/mol. The van der Waals surface area contributed by atoms with E-state index in [2.05, 4.69) is 10.4 Å². The maximum Gasteiger partial charge on any atom is 0.319 e. The van der Waals surface area contributed by atoms with E-state index < -0.39 is 17.3 Å². The quantitative estimate of drug-likeness (QED) is 0.664. The van der Waals surface area contributed by atoms with Crippen LogP contribution in [0, 0.1) is 11.3 Å². The zero-order chi connectivity index (χ0) is 14.6. The summed E-state index contributed by atoms with van der Waals surface area (Å²) in [6.45, 7) is 7.47. The number of ether oxygens (including phenoxy) is 1. The average Bonchev–Trinajstić information content (AvgIpc) is 2.62. The minimum absolute atomic E-state index is 0.254. The molecule has 1 N–H and O–H groups in total. The van der Waals surface area contributed by atoms with E-state index in [-0.39, 0.29) is 12.5 Å². The lowest BCUT2D eigenvalue weighted by atomic mass is 9.80. The molecule has 1 rings (SSSR count). The van der Waals surface area contributed by atoms with Gasteiger partial charge in [-0.3, -0.25) is 14.3 Å². The summed E-state index contributed by atoms with van der Waals surface area (Å²) < 4.78 is 6.51. The molecular formula is C13H21N3O3. The van der Waals surface area contributed by atoms with Crippen molar-refractivity contribution < 1.29 is 14.3 Å². The highest BCUT2D eigenvalue weighted by atomic mass is 16.5. The SMILES string of the molecule is CCOC(=O)C(C(=O)Nc1ccnn1C)C(C)(C)C. The summed E-state index contributed by atoms with van der Waals surface area (Å²) in [7, 11) is 1.71. The number of nitrogens with one attached hydrogen (secondary N) is 1. The first-order valence-electron chi connectivity index (χ1n) is 6.23. The molecule has 1 atom stereocenters. The predicted molar refractivity (Wildman–Crippen MR) is 71.4 cm³/mol. The zero-order valence-electron chi connectivity index (χ0n) is 12.1. The van der Waals surface area contributed by atoms with Crippen LogP contribution in [0.25, 0.3) is 0 Å². The fraction of sp³-hybridized carbons (Fsp3) is 0.615. The first kappa shape index (κ1) is 15.2. The smallest absolute Gasteiger partial charge is 0.319 e. The summed E-state index contributed by atoms with van der Waals surface area (Å²) in [4.78, 5) is 24.2. The van der Waals surface area contributed by atoms with E-state index >= 15 is 0 Å². The summed E-state index contributed by atoms with van der Waals surface area (Å²) in [6, 6.07) is 1.67. The molecule has 6 heteroatoms. The molecule has 0 aliphatic carbocycles. The minimum atomic E-state index is -0.859. The van der Waals surface area contributed by atoms with Crippen LogP contribution in [0.1, 0.15) is 27.7 Å². The number of hydrogen-bond donors (Lipinski definition) is 1. The molecule has 0 aliphatic rings. The molecule has 1 heterocycles. The highest BCUT2D eigenvalue weighted by Crippen LogP contribution is 2.28. The van der Waals surface area contributed by atoms with E-state index in [1.807, 2.05) is 20.8 Å². The highest BCUT2D eigenvalue weighted by molar-refractivity contribution is 6.05. The van der Waals surface area contributed by atoms with Gasteiger partial charge in [0.25, 0.3) is 0 Å². The molecule has 0 saturated heterocycles. The molecule has 0 fully saturated rings. The van der Waals surface area contributed by atoms with Gasteiger partial charge in [0.05, 0.1) is 12.8 Å². The Hall–Kier alpha value is -1.85. The van der Waals surface area contributed by atoms with Gasteiger partial charge in [-0.25, -0.2) is 0 Å². The number of anilines is 1. The van der Waals surface area contributed by atoms with Crippen LogP contribution < -0.4 is 5.32 Å². The minimum Gasteiger partial charge on any atom is -0.465 e. The third-order valence-electron chi connectivity index (χ3n) is 2.72. The van der Waals surface area contributed by atoms with Gasteiger partial charge in [0, 0.05) is 13.1 Å². The van der Waals surface area contributed by atoms with Gasteiger partial charge in [0.2, 0.25) is 5.91 Å². The normalized spacial score (nSPS) is 12.9. The third-order valence-corrected chi connectivity index (χ3v) is 2.72. The van der Waals surface area contributed by atoms with Crippen molar-refractivity contribution in [3.05, 3.63) is 12.3 Å². The number of rotatable bonds is 4. The Morgan fingerprint density at radius 1 is 1.47 bits per heavy atom. The summed E-state index contributed by atoms with van der Waals surface area (Å²) in [5.41, 5.74) is -0.519. The first-order chi connectivity index (χ1) is 8.77. The van der Waals surface area contributed by atoms with Crippen LogP contribution in [0.15, 0.2) is 12.3 Å². The van der Waals surface area contributed by atoms with Crippen LogP contribution in [0.3, 0.4) is 0 Å². The van der Waals surface area contributed by atoms with Crippen LogP contribution in [0.4, 0.5) is 5.82 Å². The van der Waals surface area contributed by atoms with Gasteiger partial charge in [-0.1, -0.05) is 20.8 Å². The van der Waals surface area contributed by atoms with Crippen LogP contribution in [-0.2, 0) is 21.4 Å². The standard InChI is InChI=1S/C13H21N3O3/c1-6-19-12(18)10(13(2,3)4)11(17)15-9-7-8-14-16(9)5/h7-8,10H,6H2,1-5H3,(H,15,17). The summed E-state index contributed by atoms with van der Waals surface area (Å²) in [5, 5.41) is 6.65. The molecule has 1 amide bonds. The molecular weight excluding hydrogens is 246 g/mol. The van der Waals surface area contributed by atoms with Gasteiger partial charge < -0.3 is 10.1 Å². The van der Waals surface area contributed by atoms with Crippen molar-refractivity contribution in [1.82, 2.24) is 9.78 Å². The van der Waals surface area contributed by atoms with Crippen molar-refractivity contribution in [2.24, 2.45) is 18.4 Å². The third kappa shape index (κ3) is 3.81. The first-order valence-corrected chi connectivity index (χ1v) is 6.23. The van der Waals surface area contributed by atoms with Gasteiger partial charge in [-0.05, 0) is 12.3 Å². The molecule has 0 spiro atoms. The van der Waals surface area contributed by atoms with Crippen molar-refractivity contribution in [3.63, 3.8) is 0 Å². The van der Waals surface area contributed by atoms with Gasteiger partial charge in [0.15, 0.2) is 0 Å². The Labute approximate surface area is 113 Å². The molecule has 0 aliphatic heterocycles. The topological polar surface area (TPSA) is 73.2 Å². The number of nitrogens with zero attached hydrogens (tertiary/aromatic N) is 2. The summed E-state index contributed by atoms with van der Waals surface area (Å²) >= 11 is 0. The van der Waals surface area contributed by atoms with Gasteiger partial charge in [0.1, 0.15) is 11.7 Å². The lowest BCUT2D eigenvalue weighted by Crippen LogP contribution is -2.40. The number of amides is 1. The van der Waals surface area contributed by atoms with Crippen LogP contribution in [0.5, 0.6) is 0 Å².